The lowest BCUT2D eigenvalue weighted by atomic mass is 10.1. The predicted molar refractivity (Wildman–Crippen MR) is 65.8 cm³/mol. The molecular formula is C13H11N3. The van der Waals surface area contributed by atoms with Crippen LogP contribution in [-0.4, -0.2) is 9.97 Å². The number of H-pyrrole nitrogens is 1. The molecule has 0 radical (unpaired) electrons. The molecule has 0 amide bonds. The van der Waals surface area contributed by atoms with Crippen molar-refractivity contribution in [3.05, 3.63) is 54.9 Å². The summed E-state index contributed by atoms with van der Waals surface area (Å²) in [5.74, 6) is 0.760. The third-order valence-electron chi connectivity index (χ3n) is 2.51. The van der Waals surface area contributed by atoms with Crippen molar-refractivity contribution in [2.45, 2.75) is 0 Å². The fraction of sp³-hybridized carbons (Fsp3) is 0. The summed E-state index contributed by atoms with van der Waals surface area (Å²) in [5.41, 5.74) is 1.04. The first kappa shape index (κ1) is 8.97. The van der Waals surface area contributed by atoms with Crippen LogP contribution in [0.5, 0.6) is 0 Å². The van der Waals surface area contributed by atoms with E-state index in [1.54, 1.807) is 12.4 Å². The van der Waals surface area contributed by atoms with E-state index in [1.807, 2.05) is 18.2 Å². The second-order valence-corrected chi connectivity index (χ2v) is 3.62. The van der Waals surface area contributed by atoms with Crippen LogP contribution in [0.1, 0.15) is 0 Å². The summed E-state index contributed by atoms with van der Waals surface area (Å²) < 4.78 is 0. The molecule has 78 valence electrons. The Kier molecular flexibility index (Phi) is 2.07. The van der Waals surface area contributed by atoms with Gasteiger partial charge in [0.2, 0.25) is 5.95 Å². The van der Waals surface area contributed by atoms with Gasteiger partial charge in [0.15, 0.2) is 0 Å². The smallest absolute Gasteiger partial charge is 0.204 e. The maximum Gasteiger partial charge on any atom is 0.204 e. The molecule has 2 N–H and O–H groups in total. The lowest BCUT2D eigenvalue weighted by molar-refractivity contribution is 1.29. The number of benzene rings is 2. The number of hydrogen-bond acceptors (Lipinski definition) is 2. The number of fused-ring (bicyclic) bond motifs is 1. The fourth-order valence-corrected chi connectivity index (χ4v) is 1.74. The van der Waals surface area contributed by atoms with E-state index >= 15 is 0 Å². The van der Waals surface area contributed by atoms with Gasteiger partial charge in [0.25, 0.3) is 0 Å². The summed E-state index contributed by atoms with van der Waals surface area (Å²) in [4.78, 5) is 7.14. The monoisotopic (exact) mass is 209 g/mol. The van der Waals surface area contributed by atoms with E-state index in [0.717, 1.165) is 11.6 Å². The summed E-state index contributed by atoms with van der Waals surface area (Å²) in [5, 5.41) is 5.67. The van der Waals surface area contributed by atoms with E-state index in [2.05, 4.69) is 39.6 Å². The first-order valence-corrected chi connectivity index (χ1v) is 5.17. The summed E-state index contributed by atoms with van der Waals surface area (Å²) in [6, 6.07) is 14.5. The lowest BCUT2D eigenvalue weighted by Gasteiger charge is -2.04. The molecule has 3 rings (SSSR count). The average Bonchev–Trinajstić information content (AvgIpc) is 2.82. The summed E-state index contributed by atoms with van der Waals surface area (Å²) in [6.07, 6.45) is 3.52. The van der Waals surface area contributed by atoms with Gasteiger partial charge in [0, 0.05) is 18.1 Å². The minimum Gasteiger partial charge on any atom is -0.331 e. The molecule has 0 unspecified atom stereocenters. The predicted octanol–water partition coefficient (Wildman–Crippen LogP) is 3.31. The molecule has 0 spiro atoms. The van der Waals surface area contributed by atoms with Gasteiger partial charge in [-0.25, -0.2) is 4.98 Å². The quantitative estimate of drug-likeness (QED) is 0.679. The highest BCUT2D eigenvalue weighted by Gasteiger charge is 1.97. The fourth-order valence-electron chi connectivity index (χ4n) is 1.74. The van der Waals surface area contributed by atoms with Crippen molar-refractivity contribution in [2.24, 2.45) is 0 Å². The van der Waals surface area contributed by atoms with E-state index < -0.39 is 0 Å². The topological polar surface area (TPSA) is 40.7 Å². The number of anilines is 2. The second kappa shape index (κ2) is 3.70. The van der Waals surface area contributed by atoms with Crippen LogP contribution < -0.4 is 5.32 Å². The Hall–Kier alpha value is -2.29. The zero-order valence-corrected chi connectivity index (χ0v) is 8.64. The van der Waals surface area contributed by atoms with Crippen LogP contribution in [-0.2, 0) is 0 Å². The molecule has 0 saturated carbocycles. The third kappa shape index (κ3) is 1.63. The molecule has 3 nitrogen and oxygen atoms in total. The molecule has 0 aliphatic rings. The second-order valence-electron chi connectivity index (χ2n) is 3.62. The highest BCUT2D eigenvalue weighted by atomic mass is 15.1. The van der Waals surface area contributed by atoms with Crippen LogP contribution in [0.2, 0.25) is 0 Å². The number of rotatable bonds is 2. The van der Waals surface area contributed by atoms with Crippen molar-refractivity contribution < 1.29 is 0 Å². The van der Waals surface area contributed by atoms with Gasteiger partial charge in [-0.1, -0.05) is 30.3 Å². The van der Waals surface area contributed by atoms with E-state index in [1.165, 1.54) is 10.8 Å². The van der Waals surface area contributed by atoms with Crippen LogP contribution in [0.4, 0.5) is 11.6 Å². The number of hydrogen-bond donors (Lipinski definition) is 2. The number of aromatic amines is 1. The Bertz CT molecular complexity index is 599. The molecule has 3 heteroatoms. The van der Waals surface area contributed by atoms with E-state index in [9.17, 15) is 0 Å². The molecule has 0 bridgehead atoms. The van der Waals surface area contributed by atoms with Crippen LogP contribution in [0.3, 0.4) is 0 Å². The van der Waals surface area contributed by atoms with Crippen LogP contribution in [0.15, 0.2) is 54.9 Å². The number of nitrogens with zero attached hydrogens (tertiary/aromatic N) is 1. The van der Waals surface area contributed by atoms with Crippen molar-refractivity contribution in [1.29, 1.82) is 0 Å². The minimum absolute atomic E-state index is 0.760. The van der Waals surface area contributed by atoms with Crippen LogP contribution in [0.25, 0.3) is 10.8 Å². The van der Waals surface area contributed by atoms with Gasteiger partial charge in [-0.15, -0.1) is 0 Å². The van der Waals surface area contributed by atoms with Crippen molar-refractivity contribution in [1.82, 2.24) is 9.97 Å². The zero-order valence-electron chi connectivity index (χ0n) is 8.64. The number of nitrogens with one attached hydrogen (secondary N) is 2. The van der Waals surface area contributed by atoms with Crippen molar-refractivity contribution >= 4 is 22.4 Å². The van der Waals surface area contributed by atoms with Crippen molar-refractivity contribution in [2.75, 3.05) is 5.32 Å². The van der Waals surface area contributed by atoms with E-state index in [0.29, 0.717) is 0 Å². The lowest BCUT2D eigenvalue weighted by Crippen LogP contribution is -1.91. The molecule has 0 saturated heterocycles. The van der Waals surface area contributed by atoms with Crippen molar-refractivity contribution in [3.8, 4) is 0 Å². The highest BCUT2D eigenvalue weighted by Crippen LogP contribution is 2.20. The van der Waals surface area contributed by atoms with Gasteiger partial charge in [0.1, 0.15) is 0 Å². The molecule has 0 aliphatic heterocycles. The Morgan fingerprint density at radius 2 is 1.88 bits per heavy atom. The molecule has 0 aliphatic carbocycles. The third-order valence-corrected chi connectivity index (χ3v) is 2.51. The molecule has 3 aromatic rings. The normalized spacial score (nSPS) is 10.5. The van der Waals surface area contributed by atoms with E-state index in [-0.39, 0.29) is 0 Å². The number of aromatic nitrogens is 2. The first-order valence-electron chi connectivity index (χ1n) is 5.17. The average molecular weight is 209 g/mol. The van der Waals surface area contributed by atoms with Crippen molar-refractivity contribution in [3.63, 3.8) is 0 Å². The zero-order chi connectivity index (χ0) is 10.8. The molecule has 2 aromatic carbocycles. The molecule has 1 heterocycles. The molecule has 1 aromatic heterocycles. The van der Waals surface area contributed by atoms with Gasteiger partial charge < -0.3 is 10.3 Å². The molecule has 0 atom stereocenters. The Balaban J connectivity index is 1.99. The SMILES string of the molecule is c1ccc2cc(Nc3ncc[nH]3)ccc2c1. The van der Waals surface area contributed by atoms with Gasteiger partial charge in [0.05, 0.1) is 0 Å². The largest absolute Gasteiger partial charge is 0.331 e. The summed E-state index contributed by atoms with van der Waals surface area (Å²) in [6.45, 7) is 0. The Labute approximate surface area is 93.1 Å². The first-order chi connectivity index (χ1) is 7.92. The Morgan fingerprint density at radius 3 is 2.69 bits per heavy atom. The van der Waals surface area contributed by atoms with Crippen LogP contribution in [0, 0.1) is 0 Å². The minimum atomic E-state index is 0.760. The van der Waals surface area contributed by atoms with Gasteiger partial charge in [-0.2, -0.15) is 0 Å². The van der Waals surface area contributed by atoms with Gasteiger partial charge in [-0.3, -0.25) is 0 Å². The Morgan fingerprint density at radius 1 is 1.00 bits per heavy atom. The molecule has 0 fully saturated rings. The summed E-state index contributed by atoms with van der Waals surface area (Å²) >= 11 is 0. The standard InChI is InChI=1S/C13H11N3/c1-2-4-11-9-12(6-5-10(11)3-1)16-13-14-7-8-15-13/h1-9H,(H2,14,15,16). The van der Waals surface area contributed by atoms with Gasteiger partial charge in [-0.05, 0) is 22.9 Å². The summed E-state index contributed by atoms with van der Waals surface area (Å²) in [7, 11) is 0. The molecular weight excluding hydrogens is 198 g/mol. The molecule has 16 heavy (non-hydrogen) atoms. The maximum absolute atomic E-state index is 4.12. The number of imidazole rings is 1. The maximum atomic E-state index is 4.12. The van der Waals surface area contributed by atoms with E-state index in [4.69, 9.17) is 0 Å². The van der Waals surface area contributed by atoms with Crippen LogP contribution >= 0.6 is 0 Å². The highest BCUT2D eigenvalue weighted by molar-refractivity contribution is 5.86. The van der Waals surface area contributed by atoms with Gasteiger partial charge >= 0.3 is 0 Å².